The number of aryl methyl sites for hydroxylation is 2. The van der Waals surface area contributed by atoms with E-state index < -0.39 is 11.8 Å². The Balaban J connectivity index is 2.43. The fraction of sp³-hybridized carbons (Fsp3) is 0.200. The number of hydrogen-bond donors (Lipinski definition) is 4. The van der Waals surface area contributed by atoms with Gasteiger partial charge in [-0.25, -0.2) is 20.9 Å². The third-order valence-corrected chi connectivity index (χ3v) is 4.85. The summed E-state index contributed by atoms with van der Waals surface area (Å²) in [5.41, 5.74) is 4.01. The van der Waals surface area contributed by atoms with Gasteiger partial charge in [0.15, 0.2) is 10.0 Å². The molecular formula is C10H10N4O4S2. The summed E-state index contributed by atoms with van der Waals surface area (Å²) >= 11 is 2.11. The number of amides is 2. The van der Waals surface area contributed by atoms with Crippen molar-refractivity contribution in [2.45, 2.75) is 13.8 Å². The van der Waals surface area contributed by atoms with Crippen LogP contribution in [0.4, 0.5) is 0 Å². The van der Waals surface area contributed by atoms with Crippen molar-refractivity contribution < 1.29 is 20.0 Å². The molecule has 0 saturated carbocycles. The predicted octanol–water partition coefficient (Wildman–Crippen LogP) is 1.12. The fourth-order valence-corrected chi connectivity index (χ4v) is 3.43. The molecule has 10 heteroatoms. The van der Waals surface area contributed by atoms with Crippen molar-refractivity contribution >= 4 is 34.5 Å². The zero-order valence-electron chi connectivity index (χ0n) is 10.4. The van der Waals surface area contributed by atoms with Gasteiger partial charge in [0.2, 0.25) is 0 Å². The van der Waals surface area contributed by atoms with Crippen LogP contribution in [0.25, 0.3) is 10.0 Å². The van der Waals surface area contributed by atoms with Gasteiger partial charge in [-0.2, -0.15) is 0 Å². The quantitative estimate of drug-likeness (QED) is 0.497. The molecule has 0 aliphatic carbocycles. The molecule has 2 rings (SSSR count). The minimum Gasteiger partial charge on any atom is -0.288 e. The third-order valence-electron chi connectivity index (χ3n) is 2.39. The Labute approximate surface area is 121 Å². The average Bonchev–Trinajstić information content (AvgIpc) is 3.00. The molecule has 0 fully saturated rings. The molecule has 2 heterocycles. The number of aromatic nitrogens is 2. The maximum absolute atomic E-state index is 11.4. The molecule has 0 aromatic carbocycles. The number of rotatable bonds is 3. The predicted molar refractivity (Wildman–Crippen MR) is 71.2 cm³/mol. The van der Waals surface area contributed by atoms with Crippen LogP contribution < -0.4 is 11.0 Å². The lowest BCUT2D eigenvalue weighted by molar-refractivity contribution is 0.0705. The van der Waals surface area contributed by atoms with E-state index >= 15 is 0 Å². The van der Waals surface area contributed by atoms with Crippen LogP contribution in [0.15, 0.2) is 0 Å². The van der Waals surface area contributed by atoms with Crippen LogP contribution in [0, 0.1) is 13.8 Å². The van der Waals surface area contributed by atoms with Crippen molar-refractivity contribution in [1.29, 1.82) is 0 Å². The zero-order valence-corrected chi connectivity index (χ0v) is 12.1. The minimum absolute atomic E-state index is 0.267. The molecule has 4 N–H and O–H groups in total. The van der Waals surface area contributed by atoms with Crippen LogP contribution >= 0.6 is 22.7 Å². The number of hydroxylamine groups is 2. The number of nitrogens with zero attached hydrogens (tertiary/aromatic N) is 2. The van der Waals surface area contributed by atoms with Crippen LogP contribution in [0.5, 0.6) is 0 Å². The highest BCUT2D eigenvalue weighted by molar-refractivity contribution is 7.23. The minimum atomic E-state index is -0.646. The van der Waals surface area contributed by atoms with Crippen molar-refractivity contribution in [3.05, 3.63) is 21.1 Å². The molecule has 106 valence electrons. The topological polar surface area (TPSA) is 124 Å². The van der Waals surface area contributed by atoms with Crippen molar-refractivity contribution in [2.75, 3.05) is 0 Å². The van der Waals surface area contributed by atoms with Crippen LogP contribution in [-0.4, -0.2) is 32.2 Å². The molecule has 2 aromatic rings. The first-order chi connectivity index (χ1) is 9.47. The SMILES string of the molecule is Cc1nc(-c2nc(C)c(C(=O)NO)s2)sc1C(=O)NO. The van der Waals surface area contributed by atoms with Gasteiger partial charge in [0.05, 0.1) is 11.4 Å². The van der Waals surface area contributed by atoms with Crippen LogP contribution in [-0.2, 0) is 0 Å². The van der Waals surface area contributed by atoms with Gasteiger partial charge in [0.25, 0.3) is 11.8 Å². The molecule has 0 saturated heterocycles. The van der Waals surface area contributed by atoms with E-state index in [-0.39, 0.29) is 9.75 Å². The Morgan fingerprint density at radius 3 is 1.55 bits per heavy atom. The maximum atomic E-state index is 11.4. The molecule has 2 aromatic heterocycles. The van der Waals surface area contributed by atoms with Gasteiger partial charge in [-0.15, -0.1) is 22.7 Å². The van der Waals surface area contributed by atoms with E-state index in [1.54, 1.807) is 24.8 Å². The number of hydrogen-bond acceptors (Lipinski definition) is 8. The lowest BCUT2D eigenvalue weighted by Gasteiger charge is -1.92. The Hall–Kier alpha value is -1.88. The molecule has 0 unspecified atom stereocenters. The Morgan fingerprint density at radius 2 is 1.25 bits per heavy atom. The molecule has 0 radical (unpaired) electrons. The van der Waals surface area contributed by atoms with Gasteiger partial charge in [0.1, 0.15) is 9.75 Å². The monoisotopic (exact) mass is 314 g/mol. The standard InChI is InChI=1S/C10H10N4O4S2/c1-3-5(7(15)13-17)19-9(11-3)10-12-4(2)6(20-10)8(16)14-18/h17-18H,1-2H3,(H,13,15)(H,14,16). The molecule has 0 spiro atoms. The van der Waals surface area contributed by atoms with E-state index in [0.29, 0.717) is 21.4 Å². The van der Waals surface area contributed by atoms with Gasteiger partial charge in [-0.3, -0.25) is 20.0 Å². The summed E-state index contributed by atoms with van der Waals surface area (Å²) in [7, 11) is 0. The van der Waals surface area contributed by atoms with Gasteiger partial charge >= 0.3 is 0 Å². The smallest absolute Gasteiger partial charge is 0.286 e. The number of thiazole rings is 2. The molecule has 20 heavy (non-hydrogen) atoms. The van der Waals surface area contributed by atoms with Gasteiger partial charge in [-0.1, -0.05) is 0 Å². The summed E-state index contributed by atoms with van der Waals surface area (Å²) in [6.45, 7) is 3.26. The normalized spacial score (nSPS) is 10.4. The van der Waals surface area contributed by atoms with Gasteiger partial charge in [0, 0.05) is 0 Å². The maximum Gasteiger partial charge on any atom is 0.286 e. The Morgan fingerprint density at radius 1 is 0.900 bits per heavy atom. The summed E-state index contributed by atoms with van der Waals surface area (Å²) in [6, 6.07) is 0. The molecule has 2 amide bonds. The summed E-state index contributed by atoms with van der Waals surface area (Å²) < 4.78 is 0. The van der Waals surface area contributed by atoms with Crippen LogP contribution in [0.2, 0.25) is 0 Å². The van der Waals surface area contributed by atoms with Crippen molar-refractivity contribution in [3.8, 4) is 10.0 Å². The molecule has 0 atom stereocenters. The average molecular weight is 314 g/mol. The first-order valence-electron chi connectivity index (χ1n) is 5.32. The zero-order chi connectivity index (χ0) is 14.9. The van der Waals surface area contributed by atoms with Crippen molar-refractivity contribution in [2.24, 2.45) is 0 Å². The highest BCUT2D eigenvalue weighted by Crippen LogP contribution is 2.32. The number of carbonyl (C=O) groups excluding carboxylic acids is 2. The van der Waals surface area contributed by atoms with E-state index in [0.717, 1.165) is 22.7 Å². The van der Waals surface area contributed by atoms with Crippen LogP contribution in [0.3, 0.4) is 0 Å². The molecule has 0 aliphatic heterocycles. The summed E-state index contributed by atoms with van der Waals surface area (Å²) in [6.07, 6.45) is 0. The van der Waals surface area contributed by atoms with Crippen molar-refractivity contribution in [3.63, 3.8) is 0 Å². The van der Waals surface area contributed by atoms with E-state index in [1.807, 2.05) is 0 Å². The first kappa shape index (κ1) is 14.5. The second-order valence-electron chi connectivity index (χ2n) is 3.75. The van der Waals surface area contributed by atoms with E-state index in [2.05, 4.69) is 9.97 Å². The third kappa shape index (κ3) is 2.54. The van der Waals surface area contributed by atoms with E-state index in [1.165, 1.54) is 0 Å². The lowest BCUT2D eigenvalue weighted by atomic mass is 10.4. The van der Waals surface area contributed by atoms with Gasteiger partial charge < -0.3 is 0 Å². The largest absolute Gasteiger partial charge is 0.288 e. The lowest BCUT2D eigenvalue weighted by Crippen LogP contribution is -2.18. The molecular weight excluding hydrogens is 304 g/mol. The van der Waals surface area contributed by atoms with Gasteiger partial charge in [-0.05, 0) is 13.8 Å². The highest BCUT2D eigenvalue weighted by Gasteiger charge is 2.20. The van der Waals surface area contributed by atoms with Crippen LogP contribution in [0.1, 0.15) is 30.7 Å². The number of nitrogens with one attached hydrogen (secondary N) is 2. The molecule has 0 aliphatic rings. The molecule has 0 bridgehead atoms. The van der Waals surface area contributed by atoms with E-state index in [4.69, 9.17) is 10.4 Å². The fourth-order valence-electron chi connectivity index (χ4n) is 1.50. The second kappa shape index (κ2) is 5.63. The summed E-state index contributed by atoms with van der Waals surface area (Å²) in [4.78, 5) is 31.7. The second-order valence-corrected chi connectivity index (χ2v) is 5.75. The molecule has 8 nitrogen and oxygen atoms in total. The highest BCUT2D eigenvalue weighted by atomic mass is 32.1. The van der Waals surface area contributed by atoms with Crippen molar-refractivity contribution in [1.82, 2.24) is 20.9 Å². The Kier molecular flexibility index (Phi) is 4.09. The number of carbonyl (C=O) groups is 2. The first-order valence-corrected chi connectivity index (χ1v) is 6.95. The Bertz CT molecular complexity index is 621. The summed E-state index contributed by atoms with van der Waals surface area (Å²) in [5.74, 6) is -1.29. The van der Waals surface area contributed by atoms with E-state index in [9.17, 15) is 9.59 Å². The summed E-state index contributed by atoms with van der Waals surface area (Å²) in [5, 5.41) is 18.2.